The van der Waals surface area contributed by atoms with Gasteiger partial charge < -0.3 is 24.3 Å². The van der Waals surface area contributed by atoms with Crippen LogP contribution in [0.2, 0.25) is 0 Å². The lowest BCUT2D eigenvalue weighted by Crippen LogP contribution is -2.18. The number of carbonyl (C=O) groups excluding carboxylic acids is 2. The molecule has 0 saturated carbocycles. The molecule has 0 spiro atoms. The van der Waals surface area contributed by atoms with Gasteiger partial charge in [-0.25, -0.2) is 0 Å². The molecule has 1 N–H and O–H groups in total. The zero-order valence-corrected chi connectivity index (χ0v) is 17.1. The zero-order valence-electron chi connectivity index (χ0n) is 17.1. The van der Waals surface area contributed by atoms with E-state index >= 15 is 0 Å². The fourth-order valence-corrected chi connectivity index (χ4v) is 3.30. The van der Waals surface area contributed by atoms with Crippen molar-refractivity contribution < 1.29 is 28.5 Å². The Bertz CT molecular complexity index is 1120. The molecule has 0 unspecified atom stereocenters. The fourth-order valence-electron chi connectivity index (χ4n) is 3.30. The average molecular weight is 419 g/mol. The number of ether oxygens (including phenoxy) is 4. The van der Waals surface area contributed by atoms with E-state index in [0.29, 0.717) is 47.5 Å². The van der Waals surface area contributed by atoms with Gasteiger partial charge in [-0.3, -0.25) is 9.59 Å². The molecule has 4 rings (SSSR count). The van der Waals surface area contributed by atoms with Crippen LogP contribution in [0.25, 0.3) is 0 Å². The topological polar surface area (TPSA) is 83.1 Å². The molecule has 1 heterocycles. The van der Waals surface area contributed by atoms with Crippen LogP contribution in [0.4, 0.5) is 5.69 Å². The molecule has 0 bridgehead atoms. The molecular formula is C24H21NO6. The number of fused-ring (bicyclic) bond motifs is 1. The molecule has 1 amide bonds. The summed E-state index contributed by atoms with van der Waals surface area (Å²) in [4.78, 5) is 26.2. The van der Waals surface area contributed by atoms with Crippen LogP contribution in [0, 0.1) is 0 Å². The highest BCUT2D eigenvalue weighted by atomic mass is 16.6. The van der Waals surface area contributed by atoms with Crippen molar-refractivity contribution in [3.63, 3.8) is 0 Å². The molecule has 1 aliphatic heterocycles. The summed E-state index contributed by atoms with van der Waals surface area (Å²) in [6, 6.07) is 16.7. The molecule has 0 aromatic heterocycles. The first-order valence-corrected chi connectivity index (χ1v) is 9.67. The smallest absolute Gasteiger partial charge is 0.256 e. The van der Waals surface area contributed by atoms with Crippen LogP contribution in [0.15, 0.2) is 60.7 Å². The van der Waals surface area contributed by atoms with Crippen LogP contribution in [0.3, 0.4) is 0 Å². The summed E-state index contributed by atoms with van der Waals surface area (Å²) in [7, 11) is 3.06. The van der Waals surface area contributed by atoms with Crippen LogP contribution in [0.1, 0.15) is 26.3 Å². The van der Waals surface area contributed by atoms with E-state index in [9.17, 15) is 9.59 Å². The first-order valence-electron chi connectivity index (χ1n) is 9.67. The Morgan fingerprint density at radius 1 is 0.806 bits per heavy atom. The van der Waals surface area contributed by atoms with Crippen molar-refractivity contribution >= 4 is 17.4 Å². The monoisotopic (exact) mass is 419 g/mol. The standard InChI is InChI=1S/C24H21NO6/c1-28-17-12-16(13-18(14-17)29-2)25-24(27)20-6-4-3-5-19(20)23(26)15-7-8-21-22(11-15)31-10-9-30-21/h3-8,11-14H,9-10H2,1-2H3,(H,25,27). The quantitative estimate of drug-likeness (QED) is 0.609. The van der Waals surface area contributed by atoms with Gasteiger partial charge >= 0.3 is 0 Å². The molecule has 7 heteroatoms. The SMILES string of the molecule is COc1cc(NC(=O)c2ccccc2C(=O)c2ccc3c(c2)OCCO3)cc(OC)c1. The number of amides is 1. The van der Waals surface area contributed by atoms with Crippen LogP contribution < -0.4 is 24.3 Å². The Morgan fingerprint density at radius 2 is 1.45 bits per heavy atom. The number of methoxy groups -OCH3 is 2. The number of carbonyl (C=O) groups is 2. The maximum atomic E-state index is 13.2. The van der Waals surface area contributed by atoms with Crippen LogP contribution in [-0.4, -0.2) is 39.1 Å². The number of hydrogen-bond donors (Lipinski definition) is 1. The highest BCUT2D eigenvalue weighted by molar-refractivity contribution is 6.17. The zero-order chi connectivity index (χ0) is 21.8. The third kappa shape index (κ3) is 4.30. The first-order chi connectivity index (χ1) is 15.1. The average Bonchev–Trinajstić information content (AvgIpc) is 2.82. The van der Waals surface area contributed by atoms with Crippen molar-refractivity contribution in [3.8, 4) is 23.0 Å². The molecule has 0 fully saturated rings. The molecule has 158 valence electrons. The van der Waals surface area contributed by atoms with E-state index in [4.69, 9.17) is 18.9 Å². The fraction of sp³-hybridized carbons (Fsp3) is 0.167. The van der Waals surface area contributed by atoms with E-state index in [1.54, 1.807) is 60.7 Å². The third-order valence-corrected chi connectivity index (χ3v) is 4.83. The summed E-state index contributed by atoms with van der Waals surface area (Å²) in [5, 5.41) is 2.81. The van der Waals surface area contributed by atoms with Crippen molar-refractivity contribution in [2.45, 2.75) is 0 Å². The maximum absolute atomic E-state index is 13.2. The van der Waals surface area contributed by atoms with Crippen molar-refractivity contribution in [3.05, 3.63) is 77.4 Å². The van der Waals surface area contributed by atoms with E-state index in [2.05, 4.69) is 5.32 Å². The number of rotatable bonds is 6. The highest BCUT2D eigenvalue weighted by Gasteiger charge is 2.21. The van der Waals surface area contributed by atoms with Gasteiger partial charge in [-0.05, 0) is 24.3 Å². The lowest BCUT2D eigenvalue weighted by atomic mass is 9.97. The minimum Gasteiger partial charge on any atom is -0.497 e. The molecule has 0 saturated heterocycles. The minimum absolute atomic E-state index is 0.254. The largest absolute Gasteiger partial charge is 0.497 e. The summed E-state index contributed by atoms with van der Waals surface area (Å²) in [6.07, 6.45) is 0. The summed E-state index contributed by atoms with van der Waals surface area (Å²) in [5.41, 5.74) is 1.44. The number of nitrogens with one attached hydrogen (secondary N) is 1. The third-order valence-electron chi connectivity index (χ3n) is 4.83. The Balaban J connectivity index is 1.63. The van der Waals surface area contributed by atoms with E-state index in [-0.39, 0.29) is 16.9 Å². The maximum Gasteiger partial charge on any atom is 0.256 e. The van der Waals surface area contributed by atoms with Crippen LogP contribution >= 0.6 is 0 Å². The molecule has 1 aliphatic rings. The van der Waals surface area contributed by atoms with Gasteiger partial charge in [-0.15, -0.1) is 0 Å². The number of hydrogen-bond acceptors (Lipinski definition) is 6. The number of anilines is 1. The molecule has 3 aromatic carbocycles. The Hall–Kier alpha value is -4.00. The van der Waals surface area contributed by atoms with Gasteiger partial charge in [0.15, 0.2) is 17.3 Å². The van der Waals surface area contributed by atoms with Gasteiger partial charge in [-0.2, -0.15) is 0 Å². The van der Waals surface area contributed by atoms with Crippen molar-refractivity contribution in [1.82, 2.24) is 0 Å². The number of ketones is 1. The molecule has 31 heavy (non-hydrogen) atoms. The van der Waals surface area contributed by atoms with Gasteiger partial charge in [0.1, 0.15) is 24.7 Å². The van der Waals surface area contributed by atoms with Crippen LogP contribution in [-0.2, 0) is 0 Å². The van der Waals surface area contributed by atoms with Crippen LogP contribution in [0.5, 0.6) is 23.0 Å². The first kappa shape index (κ1) is 20.3. The molecule has 0 atom stereocenters. The lowest BCUT2D eigenvalue weighted by Gasteiger charge is -2.18. The Kier molecular flexibility index (Phi) is 5.75. The van der Waals surface area contributed by atoms with Gasteiger partial charge in [-0.1, -0.05) is 18.2 Å². The summed E-state index contributed by atoms with van der Waals surface area (Å²) < 4.78 is 21.6. The van der Waals surface area contributed by atoms with Crippen molar-refractivity contribution in [2.24, 2.45) is 0 Å². The van der Waals surface area contributed by atoms with Gasteiger partial charge in [0.2, 0.25) is 0 Å². The minimum atomic E-state index is -0.420. The van der Waals surface area contributed by atoms with Gasteiger partial charge in [0.25, 0.3) is 5.91 Å². The van der Waals surface area contributed by atoms with E-state index in [0.717, 1.165) is 0 Å². The van der Waals surface area contributed by atoms with Crippen molar-refractivity contribution in [2.75, 3.05) is 32.8 Å². The number of benzene rings is 3. The molecular weight excluding hydrogens is 398 g/mol. The predicted molar refractivity (Wildman–Crippen MR) is 115 cm³/mol. The Morgan fingerprint density at radius 3 is 2.13 bits per heavy atom. The normalized spacial score (nSPS) is 12.1. The summed E-state index contributed by atoms with van der Waals surface area (Å²) >= 11 is 0. The predicted octanol–water partition coefficient (Wildman–Crippen LogP) is 3.96. The van der Waals surface area contributed by atoms with E-state index < -0.39 is 5.91 Å². The summed E-state index contributed by atoms with van der Waals surface area (Å²) in [6.45, 7) is 0.895. The van der Waals surface area contributed by atoms with Gasteiger partial charge in [0.05, 0.1) is 19.8 Å². The molecule has 7 nitrogen and oxygen atoms in total. The van der Waals surface area contributed by atoms with Crippen molar-refractivity contribution in [1.29, 1.82) is 0 Å². The summed E-state index contributed by atoms with van der Waals surface area (Å²) in [5.74, 6) is 1.48. The second-order valence-electron chi connectivity index (χ2n) is 6.79. The van der Waals surface area contributed by atoms with E-state index in [1.807, 2.05) is 0 Å². The highest BCUT2D eigenvalue weighted by Crippen LogP contribution is 2.32. The molecule has 0 aliphatic carbocycles. The van der Waals surface area contributed by atoms with Gasteiger partial charge in [0, 0.05) is 35.0 Å². The molecule has 0 radical (unpaired) electrons. The Labute approximate surface area is 179 Å². The second-order valence-corrected chi connectivity index (χ2v) is 6.79. The van der Waals surface area contributed by atoms with E-state index in [1.165, 1.54) is 14.2 Å². The second kappa shape index (κ2) is 8.79. The lowest BCUT2D eigenvalue weighted by molar-refractivity contribution is 0.0996. The molecule has 3 aromatic rings.